The molecule has 0 spiro atoms. The summed E-state index contributed by atoms with van der Waals surface area (Å²) in [7, 11) is 0. The van der Waals surface area contributed by atoms with E-state index in [1.165, 1.54) is 0 Å². The van der Waals surface area contributed by atoms with Crippen molar-refractivity contribution < 1.29 is 0 Å². The third-order valence-electron chi connectivity index (χ3n) is 1.52. The summed E-state index contributed by atoms with van der Waals surface area (Å²) < 4.78 is 0. The number of nitrogens with zero attached hydrogens (tertiary/aromatic N) is 2. The molecule has 1 aromatic rings. The van der Waals surface area contributed by atoms with Gasteiger partial charge in [0.05, 0.1) is 11.4 Å². The van der Waals surface area contributed by atoms with Gasteiger partial charge in [-0.3, -0.25) is 9.98 Å². The van der Waals surface area contributed by atoms with E-state index in [4.69, 9.17) is 0 Å². The molecular weight excluding hydrogens is 172 g/mol. The van der Waals surface area contributed by atoms with Gasteiger partial charge in [-0.2, -0.15) is 0 Å². The Bertz CT molecular complexity index is 361. The Morgan fingerprint density at radius 3 is 2.71 bits per heavy atom. The molecule has 1 aromatic heterocycles. The van der Waals surface area contributed by atoms with Gasteiger partial charge >= 0.3 is 0 Å². The maximum absolute atomic E-state index is 4.19. The molecule has 1 heterocycles. The van der Waals surface area contributed by atoms with Crippen LogP contribution in [0.4, 0.5) is 0 Å². The molecule has 1 rings (SSSR count). The average Bonchev–Trinajstić information content (AvgIpc) is 2.25. The first-order chi connectivity index (χ1) is 6.88. The molecule has 0 aromatic carbocycles. The van der Waals surface area contributed by atoms with Gasteiger partial charge in [0.1, 0.15) is 0 Å². The fourth-order valence-electron chi connectivity index (χ4n) is 0.953. The third kappa shape index (κ3) is 2.83. The van der Waals surface area contributed by atoms with Gasteiger partial charge in [0.25, 0.3) is 0 Å². The van der Waals surface area contributed by atoms with Crippen molar-refractivity contribution in [3.05, 3.63) is 61.5 Å². The number of allylic oxidation sites excluding steroid dienone is 3. The predicted octanol–water partition coefficient (Wildman–Crippen LogP) is 2.87. The third-order valence-corrected chi connectivity index (χ3v) is 1.52. The Kier molecular flexibility index (Phi) is 4.08. The summed E-state index contributed by atoms with van der Waals surface area (Å²) in [5, 5.41) is 0. The molecule has 0 unspecified atom stereocenters. The lowest BCUT2D eigenvalue weighted by Crippen LogP contribution is -1.85. The van der Waals surface area contributed by atoms with Crippen LogP contribution in [0.1, 0.15) is 5.69 Å². The standard InChI is InChI=1S/C12H12N2/c1-3-7-11(13-9-4-2)12-8-5-6-10-14-12/h3-10H,1-2H2/b11-7-,13-9-. The molecule has 0 saturated carbocycles. The van der Waals surface area contributed by atoms with Crippen molar-refractivity contribution in [2.75, 3.05) is 0 Å². The van der Waals surface area contributed by atoms with Crippen molar-refractivity contribution in [3.8, 4) is 0 Å². The highest BCUT2D eigenvalue weighted by Gasteiger charge is 1.96. The fraction of sp³-hybridized carbons (Fsp3) is 0. The molecule has 0 fully saturated rings. The summed E-state index contributed by atoms with van der Waals surface area (Å²) in [4.78, 5) is 8.37. The second-order valence-corrected chi connectivity index (χ2v) is 2.52. The topological polar surface area (TPSA) is 25.2 Å². The van der Waals surface area contributed by atoms with Crippen LogP contribution in [0, 0.1) is 0 Å². The molecular formula is C12H12N2. The Labute approximate surface area is 84.0 Å². The summed E-state index contributed by atoms with van der Waals surface area (Å²) in [6.45, 7) is 7.19. The first-order valence-electron chi connectivity index (χ1n) is 4.27. The van der Waals surface area contributed by atoms with Crippen molar-refractivity contribution in [1.82, 2.24) is 4.98 Å². The van der Waals surface area contributed by atoms with Crippen LogP contribution in [0.5, 0.6) is 0 Å². The van der Waals surface area contributed by atoms with Crippen LogP contribution >= 0.6 is 0 Å². The van der Waals surface area contributed by atoms with Gasteiger partial charge in [0.15, 0.2) is 0 Å². The highest BCUT2D eigenvalue weighted by molar-refractivity contribution is 5.79. The summed E-state index contributed by atoms with van der Waals surface area (Å²) in [5.74, 6) is 0. The van der Waals surface area contributed by atoms with Crippen LogP contribution in [-0.4, -0.2) is 11.2 Å². The van der Waals surface area contributed by atoms with Crippen LogP contribution in [0.2, 0.25) is 0 Å². The van der Waals surface area contributed by atoms with Crippen molar-refractivity contribution in [2.45, 2.75) is 0 Å². The van der Waals surface area contributed by atoms with Gasteiger partial charge in [0.2, 0.25) is 0 Å². The second-order valence-electron chi connectivity index (χ2n) is 2.52. The lowest BCUT2D eigenvalue weighted by molar-refractivity contribution is 1.26. The van der Waals surface area contributed by atoms with Crippen LogP contribution in [0.25, 0.3) is 5.70 Å². The number of hydrogen-bond donors (Lipinski definition) is 0. The van der Waals surface area contributed by atoms with E-state index < -0.39 is 0 Å². The molecule has 70 valence electrons. The summed E-state index contributed by atoms with van der Waals surface area (Å²) in [6.07, 6.45) is 8.48. The highest BCUT2D eigenvalue weighted by Crippen LogP contribution is 2.11. The summed E-state index contributed by atoms with van der Waals surface area (Å²) in [6, 6.07) is 5.69. The van der Waals surface area contributed by atoms with Crippen LogP contribution in [0.15, 0.2) is 60.8 Å². The molecule has 2 nitrogen and oxygen atoms in total. The molecule has 0 aliphatic heterocycles. The number of rotatable bonds is 4. The minimum absolute atomic E-state index is 0.778. The highest BCUT2D eigenvalue weighted by atomic mass is 14.8. The normalized spacial score (nSPS) is 11.6. The van der Waals surface area contributed by atoms with E-state index in [1.54, 1.807) is 24.6 Å². The quantitative estimate of drug-likeness (QED) is 0.521. The second kappa shape index (κ2) is 5.65. The molecule has 0 bridgehead atoms. The number of aliphatic imine (C=N–C) groups is 1. The SMILES string of the molecule is C=C/C=N\C(=C/C=C)c1ccccn1. The molecule has 0 saturated heterocycles. The van der Waals surface area contributed by atoms with Gasteiger partial charge in [-0.15, -0.1) is 0 Å². The van der Waals surface area contributed by atoms with Gasteiger partial charge in [-0.25, -0.2) is 0 Å². The van der Waals surface area contributed by atoms with Gasteiger partial charge in [0, 0.05) is 12.4 Å². The monoisotopic (exact) mass is 184 g/mol. The fourth-order valence-corrected chi connectivity index (χ4v) is 0.953. The van der Waals surface area contributed by atoms with Gasteiger partial charge in [-0.1, -0.05) is 31.4 Å². The van der Waals surface area contributed by atoms with Crippen LogP contribution in [-0.2, 0) is 0 Å². The summed E-state index contributed by atoms with van der Waals surface area (Å²) >= 11 is 0. The Morgan fingerprint density at radius 1 is 1.29 bits per heavy atom. The van der Waals surface area contributed by atoms with E-state index in [9.17, 15) is 0 Å². The van der Waals surface area contributed by atoms with E-state index in [0.717, 1.165) is 11.4 Å². The van der Waals surface area contributed by atoms with E-state index in [-0.39, 0.29) is 0 Å². The minimum Gasteiger partial charge on any atom is -0.255 e. The number of hydrogen-bond acceptors (Lipinski definition) is 2. The first-order valence-corrected chi connectivity index (χ1v) is 4.27. The van der Waals surface area contributed by atoms with E-state index in [0.29, 0.717) is 0 Å². The zero-order valence-electron chi connectivity index (χ0n) is 7.93. The largest absolute Gasteiger partial charge is 0.255 e. The van der Waals surface area contributed by atoms with Crippen molar-refractivity contribution in [3.63, 3.8) is 0 Å². The molecule has 0 radical (unpaired) electrons. The van der Waals surface area contributed by atoms with Crippen LogP contribution in [0.3, 0.4) is 0 Å². The first kappa shape index (κ1) is 10.1. The van der Waals surface area contributed by atoms with Crippen molar-refractivity contribution >= 4 is 11.9 Å². The Balaban J connectivity index is 3.01. The lowest BCUT2D eigenvalue weighted by atomic mass is 10.2. The molecule has 0 atom stereocenters. The molecule has 2 heteroatoms. The van der Waals surface area contributed by atoms with Crippen molar-refractivity contribution in [1.29, 1.82) is 0 Å². The van der Waals surface area contributed by atoms with Gasteiger partial charge in [-0.05, 0) is 18.2 Å². The maximum Gasteiger partial charge on any atom is 0.0886 e. The van der Waals surface area contributed by atoms with E-state index in [2.05, 4.69) is 23.1 Å². The molecule has 0 aliphatic rings. The zero-order chi connectivity index (χ0) is 10.2. The molecule has 0 amide bonds. The number of pyridine rings is 1. The average molecular weight is 184 g/mol. The molecule has 0 N–H and O–H groups in total. The predicted molar refractivity (Wildman–Crippen MR) is 61.1 cm³/mol. The lowest BCUT2D eigenvalue weighted by Gasteiger charge is -1.98. The smallest absolute Gasteiger partial charge is 0.0886 e. The molecule has 0 aliphatic carbocycles. The summed E-state index contributed by atoms with van der Waals surface area (Å²) in [5.41, 5.74) is 1.60. The molecule has 14 heavy (non-hydrogen) atoms. The van der Waals surface area contributed by atoms with E-state index in [1.807, 2.05) is 24.3 Å². The maximum atomic E-state index is 4.19. The number of aromatic nitrogens is 1. The zero-order valence-corrected chi connectivity index (χ0v) is 7.93. The van der Waals surface area contributed by atoms with Crippen molar-refractivity contribution in [2.24, 2.45) is 4.99 Å². The Morgan fingerprint density at radius 2 is 2.14 bits per heavy atom. The van der Waals surface area contributed by atoms with Gasteiger partial charge < -0.3 is 0 Å². The van der Waals surface area contributed by atoms with E-state index >= 15 is 0 Å². The minimum atomic E-state index is 0.778. The van der Waals surface area contributed by atoms with Crippen LogP contribution < -0.4 is 0 Å². The Hall–Kier alpha value is -1.96.